The fourth-order valence-electron chi connectivity index (χ4n) is 5.25. The number of carboxylic acids is 1. The fourth-order valence-corrected chi connectivity index (χ4v) is 6.59. The van der Waals surface area contributed by atoms with Crippen LogP contribution in [-0.4, -0.2) is 69.7 Å². The minimum Gasteiger partial charge on any atom is -0.478 e. The number of sulfone groups is 2. The van der Waals surface area contributed by atoms with Crippen molar-refractivity contribution in [3.63, 3.8) is 0 Å². The van der Waals surface area contributed by atoms with Crippen molar-refractivity contribution in [2.45, 2.75) is 53.7 Å². The van der Waals surface area contributed by atoms with Gasteiger partial charge in [-0.25, -0.2) is 26.0 Å². The third-order valence-electron chi connectivity index (χ3n) is 7.89. The van der Waals surface area contributed by atoms with E-state index in [-0.39, 0.29) is 38.9 Å². The third-order valence-corrected chi connectivity index (χ3v) is 10.1. The SMILES string of the molecule is CS(=O)(=O)c1cccc(C(=O)N2CCC[C@@H]2C(=O)N[C@@H](c2ccc(C(F)(F)F)cc2F)C2CC2)c1.CS(=O)(=O)c1cccc(C(=O)O)c1. The van der Waals surface area contributed by atoms with E-state index in [4.69, 9.17) is 5.11 Å². The molecule has 3 aromatic carbocycles. The van der Waals surface area contributed by atoms with Gasteiger partial charge in [-0.2, -0.15) is 13.2 Å². The van der Waals surface area contributed by atoms with Crippen LogP contribution in [0.25, 0.3) is 0 Å². The normalized spacial score (nSPS) is 17.2. The highest BCUT2D eigenvalue weighted by molar-refractivity contribution is 7.91. The number of rotatable bonds is 8. The molecule has 0 radical (unpaired) electrons. The number of likely N-dealkylation sites (tertiary alicyclic amines) is 1. The van der Waals surface area contributed by atoms with Gasteiger partial charge in [0, 0.05) is 30.2 Å². The molecule has 1 aliphatic heterocycles. The third kappa shape index (κ3) is 8.98. The van der Waals surface area contributed by atoms with Crippen LogP contribution in [-0.2, 0) is 30.6 Å². The standard InChI is InChI=1S/C24H24F4N2O4S.C8H8O4S/c1-35(33,34)17-5-2-4-15(12-17)23(32)30-11-3-6-20(30)22(31)29-21(14-7-8-14)18-10-9-16(13-19(18)25)24(26,27)28;1-13(11,12)7-4-2-3-6(5-7)8(9)10/h2,4-5,9-10,12-14,20-21H,3,6-8,11H2,1H3,(H,29,31);2-5H,1H3,(H,9,10)/t20-,21-;/m1./s1. The number of alkyl halides is 3. The van der Waals surface area contributed by atoms with Crippen molar-refractivity contribution in [1.29, 1.82) is 0 Å². The number of aromatic carboxylic acids is 1. The highest BCUT2D eigenvalue weighted by Gasteiger charge is 2.40. The zero-order chi connectivity index (χ0) is 35.6. The number of nitrogens with one attached hydrogen (secondary N) is 1. The highest BCUT2D eigenvalue weighted by atomic mass is 32.2. The summed E-state index contributed by atoms with van der Waals surface area (Å²) >= 11 is 0. The Morgan fingerprint density at radius 3 is 1.92 bits per heavy atom. The van der Waals surface area contributed by atoms with Crippen molar-refractivity contribution in [2.24, 2.45) is 5.92 Å². The van der Waals surface area contributed by atoms with Crippen LogP contribution in [0.2, 0.25) is 0 Å². The Hall–Kier alpha value is -4.31. The number of hydrogen-bond acceptors (Lipinski definition) is 7. The Labute approximate surface area is 274 Å². The predicted molar refractivity (Wildman–Crippen MR) is 165 cm³/mol. The van der Waals surface area contributed by atoms with E-state index in [1.807, 2.05) is 0 Å². The molecular weight excluding hydrogens is 680 g/mol. The topological polar surface area (TPSA) is 155 Å². The van der Waals surface area contributed by atoms with Gasteiger partial charge >= 0.3 is 12.1 Å². The Morgan fingerprint density at radius 1 is 0.854 bits per heavy atom. The lowest BCUT2D eigenvalue weighted by molar-refractivity contribution is -0.137. The van der Waals surface area contributed by atoms with E-state index >= 15 is 0 Å². The smallest absolute Gasteiger partial charge is 0.416 e. The molecule has 1 saturated heterocycles. The molecule has 0 spiro atoms. The molecule has 0 unspecified atom stereocenters. The van der Waals surface area contributed by atoms with E-state index in [9.17, 15) is 48.8 Å². The van der Waals surface area contributed by atoms with E-state index in [1.165, 1.54) is 47.4 Å². The first-order valence-electron chi connectivity index (χ1n) is 14.6. The number of amides is 2. The van der Waals surface area contributed by atoms with Crippen molar-refractivity contribution in [3.05, 3.63) is 94.8 Å². The molecule has 0 bridgehead atoms. The van der Waals surface area contributed by atoms with Gasteiger partial charge < -0.3 is 15.3 Å². The first-order chi connectivity index (χ1) is 22.3. The van der Waals surface area contributed by atoms with Gasteiger partial charge in [-0.05, 0) is 80.1 Å². The molecule has 0 aromatic heterocycles. The van der Waals surface area contributed by atoms with Crippen molar-refractivity contribution in [1.82, 2.24) is 10.2 Å². The molecular formula is C32H32F4N2O8S2. The largest absolute Gasteiger partial charge is 0.478 e. The molecule has 258 valence electrons. The van der Waals surface area contributed by atoms with Gasteiger partial charge in [-0.15, -0.1) is 0 Å². The van der Waals surface area contributed by atoms with Gasteiger partial charge in [0.15, 0.2) is 19.7 Å². The lowest BCUT2D eigenvalue weighted by atomic mass is 9.99. The molecule has 5 rings (SSSR count). The summed E-state index contributed by atoms with van der Waals surface area (Å²) in [6, 6.07) is 11.4. The second-order valence-electron chi connectivity index (χ2n) is 11.6. The number of carbonyl (C=O) groups excluding carboxylic acids is 2. The molecule has 1 heterocycles. The van der Waals surface area contributed by atoms with E-state index < -0.39 is 67.1 Å². The number of nitrogens with zero attached hydrogens (tertiary/aromatic N) is 1. The minimum absolute atomic E-state index is 0.0184. The van der Waals surface area contributed by atoms with Gasteiger partial charge in [0.05, 0.1) is 27.0 Å². The quantitative estimate of drug-likeness (QED) is 0.313. The van der Waals surface area contributed by atoms with Crippen LogP contribution in [0.4, 0.5) is 17.6 Å². The molecule has 2 fully saturated rings. The average molecular weight is 713 g/mol. The molecule has 1 saturated carbocycles. The lowest BCUT2D eigenvalue weighted by Crippen LogP contribution is -2.47. The number of benzene rings is 3. The summed E-state index contributed by atoms with van der Waals surface area (Å²) in [6.45, 7) is 0.281. The summed E-state index contributed by atoms with van der Waals surface area (Å²) in [5, 5.41) is 11.3. The maximum absolute atomic E-state index is 14.6. The monoisotopic (exact) mass is 712 g/mol. The molecule has 1 aliphatic carbocycles. The van der Waals surface area contributed by atoms with Crippen molar-refractivity contribution in [2.75, 3.05) is 19.1 Å². The molecule has 2 aliphatic rings. The molecule has 2 amide bonds. The fraction of sp³-hybridized carbons (Fsp3) is 0.344. The van der Waals surface area contributed by atoms with Gasteiger partial charge in [0.1, 0.15) is 11.9 Å². The summed E-state index contributed by atoms with van der Waals surface area (Å²) in [5.74, 6) is -3.31. The van der Waals surface area contributed by atoms with E-state index in [0.29, 0.717) is 31.7 Å². The van der Waals surface area contributed by atoms with E-state index in [2.05, 4.69) is 5.32 Å². The molecule has 16 heteroatoms. The van der Waals surface area contributed by atoms with Gasteiger partial charge in [-0.1, -0.05) is 18.2 Å². The van der Waals surface area contributed by atoms with Gasteiger partial charge in [0.2, 0.25) is 5.91 Å². The van der Waals surface area contributed by atoms with E-state index in [1.54, 1.807) is 0 Å². The van der Waals surface area contributed by atoms with Crippen LogP contribution in [0, 0.1) is 11.7 Å². The number of carboxylic acid groups (broad SMARTS) is 1. The Bertz CT molecular complexity index is 1940. The second kappa shape index (κ2) is 14.0. The zero-order valence-corrected chi connectivity index (χ0v) is 27.3. The lowest BCUT2D eigenvalue weighted by Gasteiger charge is -2.27. The Kier molecular flexibility index (Phi) is 10.7. The highest BCUT2D eigenvalue weighted by Crippen LogP contribution is 2.43. The molecule has 3 aromatic rings. The maximum atomic E-state index is 14.6. The Morgan fingerprint density at radius 2 is 1.42 bits per heavy atom. The Balaban J connectivity index is 0.000000336. The average Bonchev–Trinajstić information content (AvgIpc) is 3.73. The zero-order valence-electron chi connectivity index (χ0n) is 25.7. The maximum Gasteiger partial charge on any atom is 0.416 e. The number of hydrogen-bond donors (Lipinski definition) is 2. The number of carbonyl (C=O) groups is 3. The summed E-state index contributed by atoms with van der Waals surface area (Å²) in [5.41, 5.74) is -1.03. The van der Waals surface area contributed by atoms with E-state index in [0.717, 1.165) is 30.7 Å². The predicted octanol–water partition coefficient (Wildman–Crippen LogP) is 4.91. The van der Waals surface area contributed by atoms with Crippen LogP contribution >= 0.6 is 0 Å². The summed E-state index contributed by atoms with van der Waals surface area (Å²) in [7, 11) is -6.86. The molecule has 10 nitrogen and oxygen atoms in total. The first-order valence-corrected chi connectivity index (χ1v) is 18.4. The van der Waals surface area contributed by atoms with Crippen LogP contribution < -0.4 is 5.32 Å². The minimum atomic E-state index is -4.68. The van der Waals surface area contributed by atoms with Gasteiger partial charge in [0.25, 0.3) is 5.91 Å². The van der Waals surface area contributed by atoms with Crippen LogP contribution in [0.3, 0.4) is 0 Å². The summed E-state index contributed by atoms with van der Waals surface area (Å²) in [6.07, 6.45) is -0.339. The molecule has 2 N–H and O–H groups in total. The summed E-state index contributed by atoms with van der Waals surface area (Å²) < 4.78 is 99.2. The second-order valence-corrected chi connectivity index (χ2v) is 15.7. The van der Waals surface area contributed by atoms with Crippen molar-refractivity contribution in [3.8, 4) is 0 Å². The van der Waals surface area contributed by atoms with Crippen LogP contribution in [0.15, 0.2) is 76.5 Å². The van der Waals surface area contributed by atoms with Gasteiger partial charge in [-0.3, -0.25) is 9.59 Å². The first kappa shape index (κ1) is 36.5. The van der Waals surface area contributed by atoms with Crippen LogP contribution in [0.5, 0.6) is 0 Å². The molecule has 48 heavy (non-hydrogen) atoms. The van der Waals surface area contributed by atoms with Crippen molar-refractivity contribution >= 4 is 37.5 Å². The number of halogens is 4. The van der Waals surface area contributed by atoms with Crippen LogP contribution in [0.1, 0.15) is 63.6 Å². The summed E-state index contributed by atoms with van der Waals surface area (Å²) in [4.78, 5) is 38.1. The molecule has 2 atom stereocenters. The van der Waals surface area contributed by atoms with Crippen molar-refractivity contribution < 1.29 is 53.9 Å².